The number of sulfonamides is 1. The van der Waals surface area contributed by atoms with Crippen molar-refractivity contribution >= 4 is 38.8 Å². The molecule has 0 aromatic heterocycles. The summed E-state index contributed by atoms with van der Waals surface area (Å²) in [6, 6.07) is 2.63. The second-order valence-electron chi connectivity index (χ2n) is 3.77. The van der Waals surface area contributed by atoms with Gasteiger partial charge in [0.25, 0.3) is 0 Å². The number of hydrogen-bond donors (Lipinski definition) is 2. The van der Waals surface area contributed by atoms with Crippen LogP contribution in [0, 0.1) is 5.82 Å². The zero-order valence-corrected chi connectivity index (χ0v) is 11.9. The van der Waals surface area contributed by atoms with Crippen molar-refractivity contribution in [1.29, 1.82) is 0 Å². The van der Waals surface area contributed by atoms with E-state index in [2.05, 4.69) is 16.9 Å². The Morgan fingerprint density at radius 1 is 1.61 bits per heavy atom. The summed E-state index contributed by atoms with van der Waals surface area (Å²) in [6.07, 6.45) is 0.210. The van der Waals surface area contributed by atoms with Crippen LogP contribution in [0.5, 0.6) is 0 Å². The highest BCUT2D eigenvalue weighted by molar-refractivity contribution is 7.89. The lowest BCUT2D eigenvalue weighted by Crippen LogP contribution is -2.35. The second kappa shape index (κ2) is 5.92. The summed E-state index contributed by atoms with van der Waals surface area (Å²) in [5, 5.41) is -0.0496. The van der Waals surface area contributed by atoms with Gasteiger partial charge in [-0.1, -0.05) is 23.8 Å². The van der Waals surface area contributed by atoms with Gasteiger partial charge in [-0.3, -0.25) is 0 Å². The standard InChI is InChI=1S/C10H12ClFN2O2S2/c1-6(4-10(13)17)14-18(15,16)9-5-7(12)2-3-8(9)11/h2-3,5-6,14H,4H2,1H3,(H2,13,17). The fourth-order valence-corrected chi connectivity index (χ4v) is 3.36. The van der Waals surface area contributed by atoms with Crippen molar-refractivity contribution in [2.45, 2.75) is 24.3 Å². The molecule has 1 unspecified atom stereocenters. The normalized spacial score (nSPS) is 13.3. The Kier molecular flexibility index (Phi) is 5.03. The second-order valence-corrected chi connectivity index (χ2v) is 6.38. The number of nitrogens with one attached hydrogen (secondary N) is 1. The Hall–Kier alpha value is -0.760. The van der Waals surface area contributed by atoms with Gasteiger partial charge in [0.15, 0.2) is 0 Å². The first kappa shape index (κ1) is 15.3. The molecule has 1 aromatic rings. The molecule has 0 bridgehead atoms. The van der Waals surface area contributed by atoms with Crippen LogP contribution in [-0.4, -0.2) is 19.4 Å². The van der Waals surface area contributed by atoms with Gasteiger partial charge in [0.1, 0.15) is 10.7 Å². The van der Waals surface area contributed by atoms with Gasteiger partial charge in [-0.15, -0.1) is 0 Å². The fourth-order valence-electron chi connectivity index (χ4n) is 1.35. The highest BCUT2D eigenvalue weighted by Gasteiger charge is 2.21. The molecule has 1 rings (SSSR count). The van der Waals surface area contributed by atoms with E-state index in [0.717, 1.165) is 12.1 Å². The van der Waals surface area contributed by atoms with E-state index in [1.54, 1.807) is 6.92 Å². The third-order valence-electron chi connectivity index (χ3n) is 2.05. The SMILES string of the molecule is CC(CC(N)=S)NS(=O)(=O)c1cc(F)ccc1Cl. The van der Waals surface area contributed by atoms with Gasteiger partial charge in [-0.2, -0.15) is 0 Å². The molecule has 0 saturated carbocycles. The summed E-state index contributed by atoms with van der Waals surface area (Å²) in [7, 11) is -3.90. The van der Waals surface area contributed by atoms with E-state index in [1.165, 1.54) is 6.07 Å². The van der Waals surface area contributed by atoms with Gasteiger partial charge in [0, 0.05) is 12.5 Å². The highest BCUT2D eigenvalue weighted by Crippen LogP contribution is 2.22. The molecule has 0 heterocycles. The van der Waals surface area contributed by atoms with E-state index in [1.807, 2.05) is 0 Å². The van der Waals surface area contributed by atoms with Crippen LogP contribution in [0.2, 0.25) is 5.02 Å². The van der Waals surface area contributed by atoms with E-state index < -0.39 is 21.9 Å². The lowest BCUT2D eigenvalue weighted by atomic mass is 10.3. The summed E-state index contributed by atoms with van der Waals surface area (Å²) >= 11 is 10.4. The number of halogens is 2. The molecular formula is C10H12ClFN2O2S2. The van der Waals surface area contributed by atoms with Gasteiger partial charge in [-0.05, 0) is 25.1 Å². The van der Waals surface area contributed by atoms with E-state index in [4.69, 9.17) is 17.3 Å². The van der Waals surface area contributed by atoms with Crippen molar-refractivity contribution in [2.24, 2.45) is 5.73 Å². The lowest BCUT2D eigenvalue weighted by molar-refractivity contribution is 0.562. The van der Waals surface area contributed by atoms with Crippen LogP contribution in [0.3, 0.4) is 0 Å². The van der Waals surface area contributed by atoms with Crippen LogP contribution in [0.4, 0.5) is 4.39 Å². The Bertz CT molecular complexity index is 563. The number of nitrogens with two attached hydrogens (primary N) is 1. The minimum absolute atomic E-state index is 0.0496. The number of rotatable bonds is 5. The third-order valence-corrected chi connectivity index (χ3v) is 4.28. The van der Waals surface area contributed by atoms with E-state index in [9.17, 15) is 12.8 Å². The van der Waals surface area contributed by atoms with Gasteiger partial charge >= 0.3 is 0 Å². The zero-order chi connectivity index (χ0) is 13.9. The Labute approximate surface area is 115 Å². The molecule has 3 N–H and O–H groups in total. The fraction of sp³-hybridized carbons (Fsp3) is 0.300. The highest BCUT2D eigenvalue weighted by atomic mass is 35.5. The molecule has 8 heteroatoms. The number of thiocarbonyl (C=S) groups is 1. The first-order valence-corrected chi connectivity index (χ1v) is 7.25. The Morgan fingerprint density at radius 3 is 2.78 bits per heavy atom. The number of benzene rings is 1. The molecule has 0 amide bonds. The molecule has 0 aliphatic rings. The minimum Gasteiger partial charge on any atom is -0.393 e. The molecule has 1 atom stereocenters. The summed E-state index contributed by atoms with van der Waals surface area (Å²) in [4.78, 5) is -0.116. The van der Waals surface area contributed by atoms with Crippen LogP contribution in [-0.2, 0) is 10.0 Å². The minimum atomic E-state index is -3.90. The maximum absolute atomic E-state index is 13.0. The molecular weight excluding hydrogens is 299 g/mol. The Balaban J connectivity index is 2.99. The monoisotopic (exact) mass is 310 g/mol. The molecule has 0 aliphatic heterocycles. The maximum atomic E-state index is 13.0. The summed E-state index contributed by atoms with van der Waals surface area (Å²) < 4.78 is 39.3. The molecule has 0 spiro atoms. The van der Waals surface area contributed by atoms with Crippen molar-refractivity contribution in [3.05, 3.63) is 29.0 Å². The van der Waals surface area contributed by atoms with Crippen molar-refractivity contribution in [3.8, 4) is 0 Å². The van der Waals surface area contributed by atoms with Crippen LogP contribution >= 0.6 is 23.8 Å². The van der Waals surface area contributed by atoms with Crippen LogP contribution in [0.1, 0.15) is 13.3 Å². The zero-order valence-electron chi connectivity index (χ0n) is 9.48. The first-order valence-electron chi connectivity index (χ1n) is 4.98. The van der Waals surface area contributed by atoms with Crippen molar-refractivity contribution < 1.29 is 12.8 Å². The predicted octanol–water partition coefficient (Wildman–Crippen LogP) is 1.82. The summed E-state index contributed by atoms with van der Waals surface area (Å²) in [6.45, 7) is 1.60. The molecule has 0 fully saturated rings. The summed E-state index contributed by atoms with van der Waals surface area (Å²) in [5.74, 6) is -0.679. The van der Waals surface area contributed by atoms with E-state index in [0.29, 0.717) is 0 Å². The Morgan fingerprint density at radius 2 is 2.22 bits per heavy atom. The van der Waals surface area contributed by atoms with Gasteiger partial charge in [-0.25, -0.2) is 17.5 Å². The van der Waals surface area contributed by atoms with Gasteiger partial charge in [0.2, 0.25) is 10.0 Å². The van der Waals surface area contributed by atoms with Crippen LogP contribution in [0.15, 0.2) is 23.1 Å². The molecule has 18 heavy (non-hydrogen) atoms. The van der Waals surface area contributed by atoms with Crippen LogP contribution < -0.4 is 10.5 Å². The van der Waals surface area contributed by atoms with Crippen molar-refractivity contribution in [2.75, 3.05) is 0 Å². The molecule has 0 aliphatic carbocycles. The predicted molar refractivity (Wildman–Crippen MR) is 72.6 cm³/mol. The lowest BCUT2D eigenvalue weighted by Gasteiger charge is -2.14. The van der Waals surface area contributed by atoms with Crippen molar-refractivity contribution in [1.82, 2.24) is 4.72 Å². The molecule has 4 nitrogen and oxygen atoms in total. The van der Waals surface area contributed by atoms with Gasteiger partial charge in [0.05, 0.1) is 10.0 Å². The maximum Gasteiger partial charge on any atom is 0.242 e. The largest absolute Gasteiger partial charge is 0.393 e. The quantitative estimate of drug-likeness (QED) is 0.814. The average Bonchev–Trinajstić information content (AvgIpc) is 2.19. The molecule has 0 radical (unpaired) electrons. The third kappa shape index (κ3) is 4.16. The smallest absolute Gasteiger partial charge is 0.242 e. The topological polar surface area (TPSA) is 72.2 Å². The van der Waals surface area contributed by atoms with E-state index >= 15 is 0 Å². The van der Waals surface area contributed by atoms with Gasteiger partial charge < -0.3 is 5.73 Å². The summed E-state index contributed by atoms with van der Waals surface area (Å²) in [5.41, 5.74) is 5.32. The molecule has 100 valence electrons. The first-order chi connectivity index (χ1) is 8.22. The number of hydrogen-bond acceptors (Lipinski definition) is 3. The van der Waals surface area contributed by atoms with Crippen molar-refractivity contribution in [3.63, 3.8) is 0 Å². The molecule has 1 aromatic carbocycles. The molecule has 0 saturated heterocycles. The van der Waals surface area contributed by atoms with Crippen LogP contribution in [0.25, 0.3) is 0 Å². The average molecular weight is 311 g/mol. The van der Waals surface area contributed by atoms with E-state index in [-0.39, 0.29) is 21.3 Å².